The lowest BCUT2D eigenvalue weighted by atomic mass is 9.89. The minimum Gasteiger partial charge on any atom is -0.481 e. The van der Waals surface area contributed by atoms with Gasteiger partial charge in [-0.05, 0) is 37.7 Å². The number of ketones is 1. The summed E-state index contributed by atoms with van der Waals surface area (Å²) in [6, 6.07) is 8.40. The molecule has 1 aromatic rings. The Hall–Kier alpha value is -1.90. The quantitative estimate of drug-likeness (QED) is 0.647. The number of benzene rings is 1. The Morgan fingerprint density at radius 2 is 2.04 bits per heavy atom. The van der Waals surface area contributed by atoms with Crippen molar-refractivity contribution in [1.29, 1.82) is 0 Å². The van der Waals surface area contributed by atoms with E-state index in [4.69, 9.17) is 5.11 Å². The Morgan fingerprint density at radius 1 is 1.25 bits per heavy atom. The van der Waals surface area contributed by atoms with Gasteiger partial charge in [-0.25, -0.2) is 0 Å². The van der Waals surface area contributed by atoms with Gasteiger partial charge in [-0.1, -0.05) is 61.2 Å². The van der Waals surface area contributed by atoms with Crippen molar-refractivity contribution in [2.75, 3.05) is 0 Å². The van der Waals surface area contributed by atoms with E-state index in [9.17, 15) is 9.59 Å². The van der Waals surface area contributed by atoms with Gasteiger partial charge < -0.3 is 5.11 Å². The van der Waals surface area contributed by atoms with Crippen molar-refractivity contribution in [3.63, 3.8) is 0 Å². The van der Waals surface area contributed by atoms with Crippen LogP contribution in [0.5, 0.6) is 0 Å². The lowest BCUT2D eigenvalue weighted by Crippen LogP contribution is -2.13. The first-order chi connectivity index (χ1) is 11.6. The second-order valence-corrected chi connectivity index (χ2v) is 6.90. The summed E-state index contributed by atoms with van der Waals surface area (Å²) >= 11 is 0. The minimum atomic E-state index is -0.720. The lowest BCUT2D eigenvalue weighted by Gasteiger charge is -2.14. The fraction of sp³-hybridized carbons (Fsp3) is 0.524. The summed E-state index contributed by atoms with van der Waals surface area (Å²) in [4.78, 5) is 22.6. The summed E-state index contributed by atoms with van der Waals surface area (Å²) in [5, 5.41) is 8.63. The number of unbranched alkanes of at least 4 members (excludes halogenated alkanes) is 3. The van der Waals surface area contributed by atoms with Gasteiger partial charge >= 0.3 is 5.97 Å². The molecule has 2 rings (SSSR count). The molecule has 1 aliphatic carbocycles. The molecule has 24 heavy (non-hydrogen) atoms. The molecule has 0 heterocycles. The van der Waals surface area contributed by atoms with Crippen LogP contribution in [-0.4, -0.2) is 16.9 Å². The molecule has 0 saturated heterocycles. The average Bonchev–Trinajstić information content (AvgIpc) is 2.89. The molecule has 0 radical (unpaired) electrons. The number of carbonyl (C=O) groups excluding carboxylic acids is 1. The molecule has 1 fully saturated rings. The lowest BCUT2D eigenvalue weighted by molar-refractivity contribution is -0.137. The number of carboxylic acids is 1. The highest BCUT2D eigenvalue weighted by Crippen LogP contribution is 2.34. The standard InChI is InChI=1S/C21H28O3/c1-16-7-6-8-17(15-16)11-12-18-13-14-20(22)19(18)9-4-2-3-5-10-21(23)24/h6-8,11-12,15,18-19H,2-5,9-10,13-14H2,1H3,(H,23,24)/t18-,19+/m0/s1. The molecule has 1 N–H and O–H groups in total. The Kier molecular flexibility index (Phi) is 7.23. The van der Waals surface area contributed by atoms with Gasteiger partial charge in [0.25, 0.3) is 0 Å². The molecule has 0 aromatic heterocycles. The van der Waals surface area contributed by atoms with Gasteiger partial charge in [0.1, 0.15) is 5.78 Å². The monoisotopic (exact) mass is 328 g/mol. The summed E-state index contributed by atoms with van der Waals surface area (Å²) in [6.45, 7) is 2.09. The third kappa shape index (κ3) is 5.95. The number of rotatable bonds is 9. The Balaban J connectivity index is 1.79. The SMILES string of the molecule is Cc1cccc(C=C[C@H]2CCC(=O)[C@@H]2CCCCCCC(=O)O)c1. The van der Waals surface area contributed by atoms with Gasteiger partial charge in [-0.2, -0.15) is 0 Å². The maximum atomic E-state index is 12.1. The van der Waals surface area contributed by atoms with Crippen LogP contribution in [-0.2, 0) is 9.59 Å². The molecule has 0 amide bonds. The van der Waals surface area contributed by atoms with Gasteiger partial charge in [0, 0.05) is 18.8 Å². The summed E-state index contributed by atoms with van der Waals surface area (Å²) < 4.78 is 0. The molecular weight excluding hydrogens is 300 g/mol. The molecule has 3 heteroatoms. The van der Waals surface area contributed by atoms with Crippen molar-refractivity contribution in [3.05, 3.63) is 41.5 Å². The molecule has 130 valence electrons. The smallest absolute Gasteiger partial charge is 0.303 e. The number of aryl methyl sites for hydroxylation is 1. The van der Waals surface area contributed by atoms with E-state index in [1.807, 2.05) is 0 Å². The first-order valence-electron chi connectivity index (χ1n) is 9.05. The molecule has 0 bridgehead atoms. The number of hydrogen-bond acceptors (Lipinski definition) is 2. The first kappa shape index (κ1) is 18.4. The number of hydrogen-bond donors (Lipinski definition) is 1. The average molecular weight is 328 g/mol. The van der Waals surface area contributed by atoms with Crippen LogP contribution in [0.25, 0.3) is 6.08 Å². The van der Waals surface area contributed by atoms with Crippen LogP contribution in [0.3, 0.4) is 0 Å². The normalized spacial score (nSPS) is 20.8. The molecule has 0 spiro atoms. The summed E-state index contributed by atoms with van der Waals surface area (Å²) in [6.07, 6.45) is 10.9. The van der Waals surface area contributed by atoms with E-state index in [2.05, 4.69) is 43.3 Å². The number of allylic oxidation sites excluding steroid dienone is 1. The third-order valence-corrected chi connectivity index (χ3v) is 4.89. The van der Waals surface area contributed by atoms with E-state index in [1.165, 1.54) is 11.1 Å². The summed E-state index contributed by atoms with van der Waals surface area (Å²) in [5.41, 5.74) is 2.44. The van der Waals surface area contributed by atoms with Gasteiger partial charge in [-0.15, -0.1) is 0 Å². The topological polar surface area (TPSA) is 54.4 Å². The molecule has 0 aliphatic heterocycles. The molecule has 3 nitrogen and oxygen atoms in total. The van der Waals surface area contributed by atoms with E-state index in [0.29, 0.717) is 18.1 Å². The zero-order chi connectivity index (χ0) is 17.4. The fourth-order valence-corrected chi connectivity index (χ4v) is 3.54. The van der Waals surface area contributed by atoms with E-state index in [1.54, 1.807) is 0 Å². The molecule has 1 aliphatic rings. The number of Topliss-reactive ketones (excluding diaryl/α,β-unsaturated/α-hetero) is 1. The van der Waals surface area contributed by atoms with Crippen molar-refractivity contribution in [2.45, 2.75) is 58.3 Å². The van der Waals surface area contributed by atoms with Crippen LogP contribution < -0.4 is 0 Å². The van der Waals surface area contributed by atoms with Crippen LogP contribution in [0, 0.1) is 18.8 Å². The van der Waals surface area contributed by atoms with Crippen molar-refractivity contribution in [2.24, 2.45) is 11.8 Å². The first-order valence-corrected chi connectivity index (χ1v) is 9.05. The number of carbonyl (C=O) groups is 2. The van der Waals surface area contributed by atoms with Gasteiger partial charge in [0.05, 0.1) is 0 Å². The van der Waals surface area contributed by atoms with Gasteiger partial charge in [-0.3, -0.25) is 9.59 Å². The van der Waals surface area contributed by atoms with E-state index >= 15 is 0 Å². The minimum absolute atomic E-state index is 0.158. The molecule has 2 atom stereocenters. The molecule has 1 saturated carbocycles. The zero-order valence-corrected chi connectivity index (χ0v) is 14.5. The van der Waals surface area contributed by atoms with E-state index in [0.717, 1.165) is 38.5 Å². The second kappa shape index (κ2) is 9.41. The van der Waals surface area contributed by atoms with E-state index < -0.39 is 5.97 Å². The Labute approximate surface area is 144 Å². The van der Waals surface area contributed by atoms with Crippen LogP contribution in [0.2, 0.25) is 0 Å². The van der Waals surface area contributed by atoms with Crippen molar-refractivity contribution in [1.82, 2.24) is 0 Å². The van der Waals surface area contributed by atoms with Crippen LogP contribution in [0.1, 0.15) is 62.5 Å². The predicted octanol–water partition coefficient (Wildman–Crippen LogP) is 5.03. The highest BCUT2D eigenvalue weighted by atomic mass is 16.4. The van der Waals surface area contributed by atoms with Gasteiger partial charge in [0.2, 0.25) is 0 Å². The van der Waals surface area contributed by atoms with Gasteiger partial charge in [0.15, 0.2) is 0 Å². The van der Waals surface area contributed by atoms with Crippen molar-refractivity contribution < 1.29 is 14.7 Å². The molecule has 1 aromatic carbocycles. The maximum Gasteiger partial charge on any atom is 0.303 e. The summed E-state index contributed by atoms with van der Waals surface area (Å²) in [7, 11) is 0. The van der Waals surface area contributed by atoms with Crippen LogP contribution >= 0.6 is 0 Å². The highest BCUT2D eigenvalue weighted by molar-refractivity contribution is 5.84. The maximum absolute atomic E-state index is 12.1. The second-order valence-electron chi connectivity index (χ2n) is 6.90. The zero-order valence-electron chi connectivity index (χ0n) is 14.5. The number of carboxylic acid groups (broad SMARTS) is 1. The Bertz CT molecular complexity index is 589. The Morgan fingerprint density at radius 3 is 2.79 bits per heavy atom. The molecular formula is C21H28O3. The van der Waals surface area contributed by atoms with E-state index in [-0.39, 0.29) is 12.3 Å². The van der Waals surface area contributed by atoms with Crippen molar-refractivity contribution in [3.8, 4) is 0 Å². The summed E-state index contributed by atoms with van der Waals surface area (Å²) in [5.74, 6) is 0.198. The molecule has 0 unspecified atom stereocenters. The van der Waals surface area contributed by atoms with Crippen LogP contribution in [0.15, 0.2) is 30.3 Å². The third-order valence-electron chi connectivity index (χ3n) is 4.89. The fourth-order valence-electron chi connectivity index (χ4n) is 3.54. The van der Waals surface area contributed by atoms with Crippen LogP contribution in [0.4, 0.5) is 0 Å². The highest BCUT2D eigenvalue weighted by Gasteiger charge is 2.32. The predicted molar refractivity (Wildman–Crippen MR) is 96.8 cm³/mol. The van der Waals surface area contributed by atoms with Crippen molar-refractivity contribution >= 4 is 17.8 Å². The number of aliphatic carboxylic acids is 1. The largest absolute Gasteiger partial charge is 0.481 e.